The van der Waals surface area contributed by atoms with Crippen molar-refractivity contribution in [1.29, 1.82) is 0 Å². The third-order valence-electron chi connectivity index (χ3n) is 4.56. The molecule has 0 saturated carbocycles. The summed E-state index contributed by atoms with van der Waals surface area (Å²) in [4.78, 5) is 40.6. The number of nitrogens with zero attached hydrogens (tertiary/aromatic N) is 6. The van der Waals surface area contributed by atoms with Crippen LogP contribution in [0.2, 0.25) is 0 Å². The van der Waals surface area contributed by atoms with Crippen LogP contribution in [0.1, 0.15) is 5.89 Å². The van der Waals surface area contributed by atoms with Crippen molar-refractivity contribution in [3.63, 3.8) is 0 Å². The fourth-order valence-electron chi connectivity index (χ4n) is 3.00. The van der Waals surface area contributed by atoms with E-state index in [0.717, 1.165) is 9.25 Å². The lowest BCUT2D eigenvalue weighted by molar-refractivity contribution is 0.285. The molecule has 4 aromatic rings. The van der Waals surface area contributed by atoms with Gasteiger partial charge in [-0.25, -0.2) is 19.0 Å². The zero-order valence-corrected chi connectivity index (χ0v) is 16.1. The lowest BCUT2D eigenvalue weighted by Crippen LogP contribution is -2.37. The predicted octanol–water partition coefficient (Wildman–Crippen LogP) is -0.150. The molecule has 0 N–H and O–H groups in total. The van der Waals surface area contributed by atoms with Crippen LogP contribution in [0.5, 0.6) is 5.75 Å². The first-order valence-corrected chi connectivity index (χ1v) is 8.91. The summed E-state index contributed by atoms with van der Waals surface area (Å²) in [7, 11) is 2.88. The van der Waals surface area contributed by atoms with E-state index >= 15 is 0 Å². The summed E-state index contributed by atoms with van der Waals surface area (Å²) in [5.74, 6) is -0.532. The van der Waals surface area contributed by atoms with Crippen LogP contribution in [-0.4, -0.2) is 35.1 Å². The quantitative estimate of drug-likeness (QED) is 0.429. The van der Waals surface area contributed by atoms with E-state index in [-0.39, 0.29) is 42.6 Å². The van der Waals surface area contributed by atoms with E-state index in [4.69, 9.17) is 9.15 Å². The zero-order valence-electron chi connectivity index (χ0n) is 16.1. The molecule has 0 saturated heterocycles. The Balaban J connectivity index is 1.53. The molecule has 0 amide bonds. The van der Waals surface area contributed by atoms with E-state index in [1.165, 1.54) is 53.8 Å². The molecule has 0 unspecified atom stereocenters. The molecule has 0 atom stereocenters. The van der Waals surface area contributed by atoms with Gasteiger partial charge in [0.05, 0.1) is 12.9 Å². The molecule has 0 bridgehead atoms. The highest BCUT2D eigenvalue weighted by atomic mass is 19.1. The minimum Gasteiger partial charge on any atom is -0.492 e. The molecule has 1 aromatic carbocycles. The Morgan fingerprint density at radius 2 is 1.83 bits per heavy atom. The summed E-state index contributed by atoms with van der Waals surface area (Å²) in [6, 6.07) is 5.49. The zero-order chi connectivity index (χ0) is 21.4. The first-order chi connectivity index (χ1) is 14.3. The Kier molecular flexibility index (Phi) is 4.82. The van der Waals surface area contributed by atoms with E-state index in [0.29, 0.717) is 5.75 Å². The van der Waals surface area contributed by atoms with Crippen molar-refractivity contribution < 1.29 is 13.5 Å². The van der Waals surface area contributed by atoms with E-state index in [1.807, 2.05) is 0 Å². The van der Waals surface area contributed by atoms with E-state index in [1.54, 1.807) is 0 Å². The van der Waals surface area contributed by atoms with Gasteiger partial charge in [-0.1, -0.05) is 0 Å². The average Bonchev–Trinajstić information content (AvgIpc) is 3.30. The highest BCUT2D eigenvalue weighted by Crippen LogP contribution is 2.11. The summed E-state index contributed by atoms with van der Waals surface area (Å²) >= 11 is 0. The highest BCUT2D eigenvalue weighted by molar-refractivity contribution is 5.70. The van der Waals surface area contributed by atoms with Crippen molar-refractivity contribution in [3.05, 3.63) is 73.7 Å². The van der Waals surface area contributed by atoms with Crippen LogP contribution in [-0.2, 0) is 27.2 Å². The maximum atomic E-state index is 12.9. The molecule has 0 radical (unpaired) electrons. The molecule has 0 aliphatic carbocycles. The highest BCUT2D eigenvalue weighted by Gasteiger charge is 2.16. The summed E-state index contributed by atoms with van der Waals surface area (Å²) in [6.45, 7) is 0.208. The number of fused-ring (bicyclic) bond motifs is 1. The van der Waals surface area contributed by atoms with Crippen LogP contribution in [0, 0.1) is 5.82 Å². The predicted molar refractivity (Wildman–Crippen MR) is 102 cm³/mol. The number of rotatable bonds is 6. The minimum atomic E-state index is -0.683. The molecular weight excluding hydrogens is 399 g/mol. The topological polar surface area (TPSA) is 119 Å². The fraction of sp³-hybridized carbons (Fsp3) is 0.278. The van der Waals surface area contributed by atoms with Crippen molar-refractivity contribution in [2.75, 3.05) is 6.61 Å². The lowest BCUT2D eigenvalue weighted by atomic mass is 10.3. The van der Waals surface area contributed by atoms with Crippen LogP contribution in [0.15, 0.2) is 49.4 Å². The average molecular weight is 416 g/mol. The van der Waals surface area contributed by atoms with Gasteiger partial charge >= 0.3 is 11.4 Å². The maximum absolute atomic E-state index is 12.9. The fourth-order valence-corrected chi connectivity index (χ4v) is 3.00. The second-order valence-electron chi connectivity index (χ2n) is 6.54. The van der Waals surface area contributed by atoms with Gasteiger partial charge in [-0.2, -0.15) is 4.68 Å². The van der Waals surface area contributed by atoms with Crippen LogP contribution in [0.4, 0.5) is 4.39 Å². The molecule has 3 aromatic heterocycles. The monoisotopic (exact) mass is 416 g/mol. The number of aryl methyl sites for hydroxylation is 1. The number of ether oxygens (including phenoxy) is 1. The molecule has 0 aliphatic heterocycles. The lowest BCUT2D eigenvalue weighted by Gasteiger charge is -2.05. The molecule has 0 aliphatic rings. The van der Waals surface area contributed by atoms with Crippen LogP contribution in [0.3, 0.4) is 0 Å². The molecule has 156 valence electrons. The second kappa shape index (κ2) is 7.46. The van der Waals surface area contributed by atoms with Crippen molar-refractivity contribution in [1.82, 2.24) is 28.5 Å². The standard InChI is InChI=1S/C18H17FN6O5/c1-22-15-14(16(26)23(2)17(22)27)24(10-20-15)9-13-21-25(18(28)30-13)7-8-29-12-5-3-11(19)4-6-12/h3-6,10H,7-9H2,1-2H3. The summed E-state index contributed by atoms with van der Waals surface area (Å²) in [6.07, 6.45) is 1.38. The van der Waals surface area contributed by atoms with Crippen molar-refractivity contribution >= 4 is 11.2 Å². The normalized spacial score (nSPS) is 11.3. The van der Waals surface area contributed by atoms with Crippen molar-refractivity contribution in [3.8, 4) is 5.75 Å². The summed E-state index contributed by atoms with van der Waals surface area (Å²) < 4.78 is 28.3. The Hall–Kier alpha value is -3.96. The third kappa shape index (κ3) is 3.43. The number of hydrogen-bond acceptors (Lipinski definition) is 7. The minimum absolute atomic E-state index is 0.0228. The molecule has 3 heterocycles. The van der Waals surface area contributed by atoms with Gasteiger partial charge in [0, 0.05) is 14.1 Å². The van der Waals surface area contributed by atoms with E-state index in [9.17, 15) is 18.8 Å². The van der Waals surface area contributed by atoms with Gasteiger partial charge in [0.1, 0.15) is 24.7 Å². The molecular formula is C18H17FN6O5. The number of halogens is 1. The van der Waals surface area contributed by atoms with Crippen LogP contribution >= 0.6 is 0 Å². The molecule has 0 fully saturated rings. The molecule has 4 rings (SSSR count). The molecule has 30 heavy (non-hydrogen) atoms. The van der Waals surface area contributed by atoms with Gasteiger partial charge in [0.15, 0.2) is 11.2 Å². The SMILES string of the molecule is Cn1c(=O)c2c(ncn2Cc2nn(CCOc3ccc(F)cc3)c(=O)o2)n(C)c1=O. The third-order valence-corrected chi connectivity index (χ3v) is 4.56. The van der Waals surface area contributed by atoms with Gasteiger partial charge in [0.2, 0.25) is 5.89 Å². The van der Waals surface area contributed by atoms with Gasteiger partial charge in [-0.15, -0.1) is 5.10 Å². The second-order valence-corrected chi connectivity index (χ2v) is 6.54. The summed E-state index contributed by atoms with van der Waals surface area (Å²) in [5.41, 5.74) is -0.594. The largest absolute Gasteiger partial charge is 0.492 e. The Morgan fingerprint density at radius 3 is 2.57 bits per heavy atom. The Morgan fingerprint density at radius 1 is 1.10 bits per heavy atom. The Labute approximate surface area is 167 Å². The van der Waals surface area contributed by atoms with E-state index in [2.05, 4.69) is 10.1 Å². The van der Waals surface area contributed by atoms with Gasteiger partial charge in [-0.05, 0) is 24.3 Å². The number of benzene rings is 1. The maximum Gasteiger partial charge on any atom is 0.437 e. The number of hydrogen-bond donors (Lipinski definition) is 0. The molecule has 12 heteroatoms. The van der Waals surface area contributed by atoms with Crippen LogP contribution in [0.25, 0.3) is 11.2 Å². The van der Waals surface area contributed by atoms with Gasteiger partial charge in [0.25, 0.3) is 5.56 Å². The molecule has 11 nitrogen and oxygen atoms in total. The molecule has 0 spiro atoms. The smallest absolute Gasteiger partial charge is 0.437 e. The number of aromatic nitrogens is 6. The van der Waals surface area contributed by atoms with Gasteiger partial charge in [-0.3, -0.25) is 13.9 Å². The van der Waals surface area contributed by atoms with E-state index < -0.39 is 17.0 Å². The Bertz CT molecular complexity index is 1390. The number of imidazole rings is 1. The summed E-state index contributed by atoms with van der Waals surface area (Å²) in [5, 5.41) is 4.10. The van der Waals surface area contributed by atoms with Crippen LogP contribution < -0.4 is 21.7 Å². The first-order valence-electron chi connectivity index (χ1n) is 8.91. The van der Waals surface area contributed by atoms with Crippen molar-refractivity contribution in [2.24, 2.45) is 14.1 Å². The van der Waals surface area contributed by atoms with Crippen molar-refractivity contribution in [2.45, 2.75) is 13.1 Å². The van der Waals surface area contributed by atoms with Gasteiger partial charge < -0.3 is 13.7 Å². The first kappa shape index (κ1) is 19.4.